The third-order valence-electron chi connectivity index (χ3n) is 5.05. The number of rotatable bonds is 7. The fourth-order valence-corrected chi connectivity index (χ4v) is 3.43. The Labute approximate surface area is 174 Å². The first kappa shape index (κ1) is 20.0. The van der Waals surface area contributed by atoms with Gasteiger partial charge in [0.2, 0.25) is 5.43 Å². The number of aryl methyl sites for hydroxylation is 1. The molecule has 0 N–H and O–H groups in total. The van der Waals surface area contributed by atoms with E-state index < -0.39 is 0 Å². The van der Waals surface area contributed by atoms with Crippen molar-refractivity contribution in [1.29, 1.82) is 0 Å². The normalized spacial score (nSPS) is 16.0. The number of nitrogens with zero attached hydrogens (tertiary/aromatic N) is 4. The van der Waals surface area contributed by atoms with Crippen LogP contribution in [0.4, 0.5) is 0 Å². The van der Waals surface area contributed by atoms with E-state index in [1.165, 1.54) is 6.07 Å². The maximum atomic E-state index is 12.3. The highest BCUT2D eigenvalue weighted by molar-refractivity contribution is 5.72. The van der Waals surface area contributed by atoms with Crippen LogP contribution in [0.5, 0.6) is 0 Å². The van der Waals surface area contributed by atoms with Gasteiger partial charge in [-0.05, 0) is 17.5 Å². The first-order valence-corrected chi connectivity index (χ1v) is 9.96. The lowest BCUT2D eigenvalue weighted by atomic mass is 10.0. The molecule has 156 valence electrons. The van der Waals surface area contributed by atoms with Gasteiger partial charge in [0.25, 0.3) is 0 Å². The van der Waals surface area contributed by atoms with E-state index in [9.17, 15) is 9.59 Å². The number of esters is 1. The predicted octanol–water partition coefficient (Wildman–Crippen LogP) is 1.68. The Balaban J connectivity index is 1.42. The molecule has 8 nitrogen and oxygen atoms in total. The van der Waals surface area contributed by atoms with Gasteiger partial charge in [-0.1, -0.05) is 24.3 Å². The molecule has 2 aromatic heterocycles. The zero-order chi connectivity index (χ0) is 20.9. The van der Waals surface area contributed by atoms with Gasteiger partial charge >= 0.3 is 5.97 Å². The molecular weight excluding hydrogens is 384 g/mol. The van der Waals surface area contributed by atoms with Crippen LogP contribution in [-0.2, 0) is 34.2 Å². The number of hydrogen-bond acceptors (Lipinski definition) is 6. The van der Waals surface area contributed by atoms with Crippen molar-refractivity contribution >= 4 is 5.97 Å². The lowest BCUT2D eigenvalue weighted by Crippen LogP contribution is -2.17. The summed E-state index contributed by atoms with van der Waals surface area (Å²) >= 11 is 0. The van der Waals surface area contributed by atoms with Gasteiger partial charge in [-0.15, -0.1) is 0 Å². The van der Waals surface area contributed by atoms with Crippen LogP contribution in [0.2, 0.25) is 0 Å². The third kappa shape index (κ3) is 5.01. The standard InChI is InChI=1S/C22H24N4O4/c1-25-13-19(12-23-25)26-7-5-21(27)20(24-26)10-16-3-2-4-17(9-16)11-22(28)30-15-18-6-8-29-14-18/h2-5,7,9,12-13,18H,6,8,10-11,14-15H2,1H3. The van der Waals surface area contributed by atoms with E-state index >= 15 is 0 Å². The highest BCUT2D eigenvalue weighted by Crippen LogP contribution is 2.14. The summed E-state index contributed by atoms with van der Waals surface area (Å²) in [6.07, 6.45) is 6.65. The van der Waals surface area contributed by atoms with Gasteiger partial charge in [0.1, 0.15) is 11.4 Å². The van der Waals surface area contributed by atoms with E-state index in [1.807, 2.05) is 37.5 Å². The average Bonchev–Trinajstić information content (AvgIpc) is 3.40. The Morgan fingerprint density at radius 2 is 2.17 bits per heavy atom. The minimum atomic E-state index is -0.254. The molecule has 1 saturated heterocycles. The number of ether oxygens (including phenoxy) is 2. The topological polar surface area (TPSA) is 88.2 Å². The van der Waals surface area contributed by atoms with Crippen LogP contribution in [0.25, 0.3) is 5.69 Å². The summed E-state index contributed by atoms with van der Waals surface area (Å²) < 4.78 is 14.0. The van der Waals surface area contributed by atoms with Crippen LogP contribution >= 0.6 is 0 Å². The maximum absolute atomic E-state index is 12.3. The van der Waals surface area contributed by atoms with E-state index in [0.717, 1.165) is 29.8 Å². The second-order valence-electron chi connectivity index (χ2n) is 7.53. The van der Waals surface area contributed by atoms with Crippen molar-refractivity contribution in [2.24, 2.45) is 13.0 Å². The summed E-state index contributed by atoms with van der Waals surface area (Å²) in [5.41, 5.74) is 2.85. The molecule has 1 aliphatic rings. The lowest BCUT2D eigenvalue weighted by Gasteiger charge is -2.10. The van der Waals surface area contributed by atoms with Gasteiger partial charge in [0.05, 0.1) is 32.0 Å². The predicted molar refractivity (Wildman–Crippen MR) is 109 cm³/mol. The van der Waals surface area contributed by atoms with Crippen molar-refractivity contribution in [2.75, 3.05) is 19.8 Å². The summed E-state index contributed by atoms with van der Waals surface area (Å²) in [6, 6.07) is 9.11. The summed E-state index contributed by atoms with van der Waals surface area (Å²) in [7, 11) is 1.82. The van der Waals surface area contributed by atoms with Crippen LogP contribution in [-0.4, -0.2) is 45.4 Å². The number of carbonyl (C=O) groups excluding carboxylic acids is 1. The van der Waals surface area contributed by atoms with Gasteiger partial charge < -0.3 is 9.47 Å². The Morgan fingerprint density at radius 3 is 2.93 bits per heavy atom. The number of aromatic nitrogens is 4. The Bertz CT molecular complexity index is 1080. The molecule has 1 unspecified atom stereocenters. The average molecular weight is 408 g/mol. The zero-order valence-electron chi connectivity index (χ0n) is 16.9. The fraction of sp³-hybridized carbons (Fsp3) is 0.364. The van der Waals surface area contributed by atoms with Gasteiger partial charge in [-0.2, -0.15) is 10.2 Å². The van der Waals surface area contributed by atoms with Crippen molar-refractivity contribution in [3.63, 3.8) is 0 Å². The molecule has 1 atom stereocenters. The summed E-state index contributed by atoms with van der Waals surface area (Å²) in [5, 5.41) is 8.60. The number of hydrogen-bond donors (Lipinski definition) is 0. The maximum Gasteiger partial charge on any atom is 0.310 e. The monoisotopic (exact) mass is 408 g/mol. The SMILES string of the molecule is Cn1cc(-n2ccc(=O)c(Cc3cccc(CC(=O)OCC4CCOC4)c3)n2)cn1. The summed E-state index contributed by atoms with van der Waals surface area (Å²) in [4.78, 5) is 24.5. The Hall–Kier alpha value is -3.26. The van der Waals surface area contributed by atoms with E-state index in [1.54, 1.807) is 21.8 Å². The van der Waals surface area contributed by atoms with Crippen LogP contribution < -0.4 is 5.43 Å². The summed E-state index contributed by atoms with van der Waals surface area (Å²) in [6.45, 7) is 1.80. The molecule has 3 heterocycles. The van der Waals surface area contributed by atoms with Crippen molar-refractivity contribution in [3.05, 3.63) is 76.0 Å². The smallest absolute Gasteiger partial charge is 0.310 e. The molecule has 1 aromatic carbocycles. The van der Waals surface area contributed by atoms with Crippen molar-refractivity contribution in [1.82, 2.24) is 19.6 Å². The Kier molecular flexibility index (Phi) is 6.04. The van der Waals surface area contributed by atoms with Crippen LogP contribution in [0.1, 0.15) is 23.2 Å². The molecule has 0 bridgehead atoms. The van der Waals surface area contributed by atoms with Gasteiger partial charge in [0.15, 0.2) is 0 Å². The highest BCUT2D eigenvalue weighted by Gasteiger charge is 2.17. The molecule has 0 aliphatic carbocycles. The summed E-state index contributed by atoms with van der Waals surface area (Å²) in [5.74, 6) is 0.0437. The van der Waals surface area contributed by atoms with E-state index in [-0.39, 0.29) is 17.8 Å². The van der Waals surface area contributed by atoms with Crippen LogP contribution in [0.15, 0.2) is 53.7 Å². The number of carbonyl (C=O) groups is 1. The second kappa shape index (κ2) is 9.04. The van der Waals surface area contributed by atoms with Gasteiger partial charge in [-0.3, -0.25) is 14.3 Å². The molecule has 0 amide bonds. The van der Waals surface area contributed by atoms with E-state index in [2.05, 4.69) is 10.2 Å². The third-order valence-corrected chi connectivity index (χ3v) is 5.05. The van der Waals surface area contributed by atoms with Crippen LogP contribution in [0, 0.1) is 5.92 Å². The highest BCUT2D eigenvalue weighted by atomic mass is 16.5. The molecule has 3 aromatic rings. The molecule has 0 radical (unpaired) electrons. The second-order valence-corrected chi connectivity index (χ2v) is 7.53. The fourth-order valence-electron chi connectivity index (χ4n) is 3.43. The van der Waals surface area contributed by atoms with Crippen molar-refractivity contribution in [3.8, 4) is 5.69 Å². The van der Waals surface area contributed by atoms with E-state index in [0.29, 0.717) is 31.2 Å². The molecule has 8 heteroatoms. The minimum absolute atomic E-state index is 0.126. The first-order valence-electron chi connectivity index (χ1n) is 9.96. The molecule has 1 aliphatic heterocycles. The van der Waals surface area contributed by atoms with Crippen molar-refractivity contribution in [2.45, 2.75) is 19.3 Å². The van der Waals surface area contributed by atoms with Crippen LogP contribution in [0.3, 0.4) is 0 Å². The minimum Gasteiger partial charge on any atom is -0.465 e. The largest absolute Gasteiger partial charge is 0.465 e. The molecule has 0 saturated carbocycles. The van der Waals surface area contributed by atoms with Crippen molar-refractivity contribution < 1.29 is 14.3 Å². The molecular formula is C22H24N4O4. The first-order chi connectivity index (χ1) is 14.6. The number of benzene rings is 1. The Morgan fingerprint density at radius 1 is 1.30 bits per heavy atom. The molecule has 0 spiro atoms. The van der Waals surface area contributed by atoms with Gasteiger partial charge in [0, 0.05) is 38.3 Å². The quantitative estimate of drug-likeness (QED) is 0.553. The zero-order valence-corrected chi connectivity index (χ0v) is 16.9. The molecule has 1 fully saturated rings. The van der Waals surface area contributed by atoms with E-state index in [4.69, 9.17) is 9.47 Å². The van der Waals surface area contributed by atoms with Gasteiger partial charge in [-0.25, -0.2) is 4.68 Å². The lowest BCUT2D eigenvalue weighted by molar-refractivity contribution is -0.144. The molecule has 30 heavy (non-hydrogen) atoms. The molecule has 4 rings (SSSR count).